The van der Waals surface area contributed by atoms with Gasteiger partial charge in [-0.05, 0) is 6.42 Å². The van der Waals surface area contributed by atoms with Gasteiger partial charge in [-0.3, -0.25) is 4.55 Å². The fraction of sp³-hybridized carbons (Fsp3) is 1.00. The van der Waals surface area contributed by atoms with Crippen molar-refractivity contribution in [2.24, 2.45) is 0 Å². The van der Waals surface area contributed by atoms with Crippen LogP contribution < -0.4 is 0 Å². The van der Waals surface area contributed by atoms with Crippen LogP contribution in [0.5, 0.6) is 0 Å². The van der Waals surface area contributed by atoms with Gasteiger partial charge in [-0.2, -0.15) is 8.42 Å². The predicted octanol–water partition coefficient (Wildman–Crippen LogP) is 7.25. The lowest BCUT2D eigenvalue weighted by Crippen LogP contribution is -2.04. The third-order valence-corrected chi connectivity index (χ3v) is 5.69. The molecule has 0 aromatic rings. The molecular formula is C22H46MgO4S. The van der Waals surface area contributed by atoms with Crippen LogP contribution in [0.4, 0.5) is 0 Å². The Morgan fingerprint density at radius 2 is 0.786 bits per heavy atom. The third kappa shape index (κ3) is 28.8. The molecule has 0 amide bonds. The summed E-state index contributed by atoms with van der Waals surface area (Å²) < 4.78 is 33.5. The van der Waals surface area contributed by atoms with E-state index in [0.717, 1.165) is 12.8 Å². The number of unbranched alkanes of at least 4 members (excludes halogenated alkanes) is 19. The lowest BCUT2D eigenvalue weighted by atomic mass is 10.0. The van der Waals surface area contributed by atoms with Crippen molar-refractivity contribution in [3.8, 4) is 0 Å². The van der Waals surface area contributed by atoms with Gasteiger partial charge in [-0.25, -0.2) is 4.18 Å². The molecule has 0 saturated heterocycles. The average molecular weight is 431 g/mol. The molecule has 0 bridgehead atoms. The normalized spacial score (nSPS) is 11.5. The number of hydrogen-bond acceptors (Lipinski definition) is 3. The summed E-state index contributed by atoms with van der Waals surface area (Å²) in [7, 11) is -4.25. The molecule has 0 heterocycles. The molecule has 4 nitrogen and oxygen atoms in total. The van der Waals surface area contributed by atoms with Crippen LogP contribution in [-0.4, -0.2) is 42.6 Å². The van der Waals surface area contributed by atoms with Crippen molar-refractivity contribution in [3.05, 3.63) is 0 Å². The first-order valence-electron chi connectivity index (χ1n) is 11.7. The lowest BCUT2D eigenvalue weighted by molar-refractivity contribution is 0.261. The summed E-state index contributed by atoms with van der Waals surface area (Å²) in [5.41, 5.74) is 0. The van der Waals surface area contributed by atoms with Crippen LogP contribution in [0.25, 0.3) is 0 Å². The van der Waals surface area contributed by atoms with Crippen molar-refractivity contribution >= 4 is 33.5 Å². The Balaban J connectivity index is 0. The van der Waals surface area contributed by atoms with E-state index in [1.165, 1.54) is 109 Å². The van der Waals surface area contributed by atoms with Crippen LogP contribution in [-0.2, 0) is 14.6 Å². The standard InChI is InChI=1S/C22H46O4S.Mg/c1-2-3-4-5-6-7-8-9-10-11-12-13-14-15-16-17-18-19-20-21-22-26-27(23,24)25;/h2-22H2,1H3,(H,23,24,25);. The van der Waals surface area contributed by atoms with E-state index >= 15 is 0 Å². The highest BCUT2D eigenvalue weighted by Crippen LogP contribution is 2.14. The first-order valence-corrected chi connectivity index (χ1v) is 13.0. The molecule has 0 unspecified atom stereocenters. The smallest absolute Gasteiger partial charge is 0.264 e. The van der Waals surface area contributed by atoms with E-state index in [1.54, 1.807) is 0 Å². The monoisotopic (exact) mass is 430 g/mol. The average Bonchev–Trinajstić information content (AvgIpc) is 2.62. The zero-order valence-corrected chi connectivity index (χ0v) is 20.9. The molecule has 0 aromatic carbocycles. The van der Waals surface area contributed by atoms with Gasteiger partial charge in [0.25, 0.3) is 0 Å². The van der Waals surface area contributed by atoms with Gasteiger partial charge in [-0.15, -0.1) is 0 Å². The summed E-state index contributed by atoms with van der Waals surface area (Å²) >= 11 is 0. The number of hydrogen-bond donors (Lipinski definition) is 1. The molecule has 0 aliphatic carbocycles. The fourth-order valence-electron chi connectivity index (χ4n) is 3.52. The lowest BCUT2D eigenvalue weighted by Gasteiger charge is -2.04. The van der Waals surface area contributed by atoms with Crippen LogP contribution in [0.15, 0.2) is 0 Å². The molecule has 28 heavy (non-hydrogen) atoms. The minimum absolute atomic E-state index is 0. The summed E-state index contributed by atoms with van der Waals surface area (Å²) in [6.45, 7) is 2.37. The maximum absolute atomic E-state index is 10.4. The second-order valence-corrected chi connectivity index (χ2v) is 9.06. The maximum Gasteiger partial charge on any atom is 0.397 e. The Labute approximate surface area is 192 Å². The summed E-state index contributed by atoms with van der Waals surface area (Å²) in [6, 6.07) is 0. The van der Waals surface area contributed by atoms with Gasteiger partial charge in [0.05, 0.1) is 6.61 Å². The highest BCUT2D eigenvalue weighted by molar-refractivity contribution is 7.80. The number of rotatable bonds is 22. The SMILES string of the molecule is CCCCCCCCCCCCCCCCCCCCCCOS(=O)(=O)O.[Mg]. The van der Waals surface area contributed by atoms with Crippen LogP contribution >= 0.6 is 0 Å². The van der Waals surface area contributed by atoms with Crippen molar-refractivity contribution in [2.75, 3.05) is 6.61 Å². The van der Waals surface area contributed by atoms with Crippen molar-refractivity contribution in [1.29, 1.82) is 0 Å². The first-order chi connectivity index (χ1) is 13.1. The van der Waals surface area contributed by atoms with Crippen molar-refractivity contribution in [1.82, 2.24) is 0 Å². The minimum atomic E-state index is -4.25. The second-order valence-electron chi connectivity index (χ2n) is 7.97. The molecule has 0 spiro atoms. The molecule has 0 rings (SSSR count). The van der Waals surface area contributed by atoms with E-state index in [4.69, 9.17) is 4.55 Å². The molecule has 166 valence electrons. The molecule has 0 aliphatic heterocycles. The minimum Gasteiger partial charge on any atom is -0.264 e. The van der Waals surface area contributed by atoms with Crippen molar-refractivity contribution in [2.45, 2.75) is 135 Å². The molecular weight excluding hydrogens is 385 g/mol. The quantitative estimate of drug-likeness (QED) is 0.112. The molecule has 1 N–H and O–H groups in total. The van der Waals surface area contributed by atoms with Gasteiger partial charge in [0.1, 0.15) is 0 Å². The van der Waals surface area contributed by atoms with Crippen molar-refractivity contribution < 1.29 is 17.2 Å². The van der Waals surface area contributed by atoms with E-state index in [1.807, 2.05) is 0 Å². The first kappa shape index (κ1) is 30.8. The molecule has 0 aliphatic rings. The molecule has 2 radical (unpaired) electrons. The maximum atomic E-state index is 10.4. The predicted molar refractivity (Wildman–Crippen MR) is 121 cm³/mol. The molecule has 0 saturated carbocycles. The summed E-state index contributed by atoms with van der Waals surface area (Å²) in [5.74, 6) is 0. The Bertz CT molecular complexity index is 388. The van der Waals surface area contributed by atoms with Crippen LogP contribution in [0.3, 0.4) is 0 Å². The largest absolute Gasteiger partial charge is 0.397 e. The van der Waals surface area contributed by atoms with Gasteiger partial charge < -0.3 is 0 Å². The Morgan fingerprint density at radius 3 is 1.04 bits per heavy atom. The molecule has 6 heteroatoms. The van der Waals surface area contributed by atoms with Gasteiger partial charge in [0.2, 0.25) is 0 Å². The third-order valence-electron chi connectivity index (χ3n) is 5.23. The van der Waals surface area contributed by atoms with Crippen molar-refractivity contribution in [3.63, 3.8) is 0 Å². The zero-order chi connectivity index (χ0) is 20.1. The van der Waals surface area contributed by atoms with Gasteiger partial charge in [0, 0.05) is 23.1 Å². The molecule has 0 atom stereocenters. The highest BCUT2D eigenvalue weighted by Gasteiger charge is 2.02. The Morgan fingerprint density at radius 1 is 0.536 bits per heavy atom. The van der Waals surface area contributed by atoms with Gasteiger partial charge >= 0.3 is 10.4 Å². The van der Waals surface area contributed by atoms with E-state index in [0.29, 0.717) is 6.42 Å². The van der Waals surface area contributed by atoms with E-state index in [9.17, 15) is 8.42 Å². The summed E-state index contributed by atoms with van der Waals surface area (Å²) in [6.07, 6.45) is 26.3. The van der Waals surface area contributed by atoms with E-state index in [-0.39, 0.29) is 29.7 Å². The van der Waals surface area contributed by atoms with Gasteiger partial charge in [-0.1, -0.05) is 129 Å². The van der Waals surface area contributed by atoms with E-state index in [2.05, 4.69) is 11.1 Å². The Kier molecular flexibility index (Phi) is 26.3. The van der Waals surface area contributed by atoms with E-state index < -0.39 is 10.4 Å². The topological polar surface area (TPSA) is 63.6 Å². The highest BCUT2D eigenvalue weighted by atomic mass is 32.3. The second kappa shape index (κ2) is 23.9. The van der Waals surface area contributed by atoms with Crippen LogP contribution in [0.1, 0.15) is 135 Å². The van der Waals surface area contributed by atoms with Crippen LogP contribution in [0, 0.1) is 0 Å². The fourth-order valence-corrected chi connectivity index (χ4v) is 3.85. The summed E-state index contributed by atoms with van der Waals surface area (Å²) in [4.78, 5) is 0. The van der Waals surface area contributed by atoms with Gasteiger partial charge in [0.15, 0.2) is 0 Å². The summed E-state index contributed by atoms with van der Waals surface area (Å²) in [5, 5.41) is 0. The molecule has 0 fully saturated rings. The zero-order valence-electron chi connectivity index (χ0n) is 18.6. The Hall–Kier alpha value is 0.636. The van der Waals surface area contributed by atoms with Crippen LogP contribution in [0.2, 0.25) is 0 Å². The molecule has 0 aromatic heterocycles.